The Labute approximate surface area is 111 Å². The summed E-state index contributed by atoms with van der Waals surface area (Å²) in [6, 6.07) is 0. The first-order chi connectivity index (χ1) is 8.44. The molecule has 0 saturated carbocycles. The summed E-state index contributed by atoms with van der Waals surface area (Å²) in [5, 5.41) is 3.19. The third-order valence-electron chi connectivity index (χ3n) is 3.20. The third kappa shape index (κ3) is 7.67. The maximum absolute atomic E-state index is 11.6. The fourth-order valence-corrected chi connectivity index (χ4v) is 1.13. The van der Waals surface area contributed by atoms with Gasteiger partial charge in [0.2, 0.25) is 0 Å². The molecule has 1 N–H and O–H groups in total. The van der Waals surface area contributed by atoms with Crippen LogP contribution in [0, 0.1) is 5.41 Å². The van der Waals surface area contributed by atoms with Crippen molar-refractivity contribution in [3.63, 3.8) is 0 Å². The number of ether oxygens (including phenoxy) is 2. The van der Waals surface area contributed by atoms with E-state index in [0.717, 1.165) is 19.4 Å². The second-order valence-electron chi connectivity index (χ2n) is 5.21. The molecule has 0 amide bonds. The molecule has 0 aromatic rings. The maximum atomic E-state index is 11.6. The van der Waals surface area contributed by atoms with Gasteiger partial charge in [0.25, 0.3) is 0 Å². The summed E-state index contributed by atoms with van der Waals surface area (Å²) in [7, 11) is 0. The molecule has 0 bridgehead atoms. The molecule has 0 aromatic heterocycles. The maximum Gasteiger partial charge on any atom is 0.311 e. The summed E-state index contributed by atoms with van der Waals surface area (Å²) < 4.78 is 10.7. The van der Waals surface area contributed by atoms with Gasteiger partial charge in [-0.2, -0.15) is 0 Å². The smallest absolute Gasteiger partial charge is 0.311 e. The molecule has 0 aromatic carbocycles. The van der Waals surface area contributed by atoms with E-state index in [0.29, 0.717) is 25.9 Å². The summed E-state index contributed by atoms with van der Waals surface area (Å²) >= 11 is 0. The molecular weight excluding hydrogens is 230 g/mol. The van der Waals surface area contributed by atoms with Gasteiger partial charge in [-0.05, 0) is 33.6 Å². The average Bonchev–Trinajstić information content (AvgIpc) is 2.36. The number of carbonyl (C=O) groups is 1. The Morgan fingerprint density at radius 2 is 1.83 bits per heavy atom. The van der Waals surface area contributed by atoms with Crippen LogP contribution in [0.1, 0.15) is 47.5 Å². The van der Waals surface area contributed by atoms with Crippen LogP contribution < -0.4 is 5.32 Å². The normalized spacial score (nSPS) is 13.4. The standard InChI is InChI=1S/C14H29NO3/c1-6-12(3)17-10-8-15-9-11-18-13(16)14(4,5)7-2/h12,15H,6-11H2,1-5H3. The molecule has 0 heterocycles. The molecule has 0 rings (SSSR count). The van der Waals surface area contributed by atoms with Gasteiger partial charge in [-0.25, -0.2) is 0 Å². The van der Waals surface area contributed by atoms with E-state index >= 15 is 0 Å². The van der Waals surface area contributed by atoms with Gasteiger partial charge in [-0.1, -0.05) is 13.8 Å². The lowest BCUT2D eigenvalue weighted by molar-refractivity contribution is -0.153. The number of esters is 1. The quantitative estimate of drug-likeness (QED) is 0.483. The van der Waals surface area contributed by atoms with E-state index in [9.17, 15) is 4.79 Å². The Morgan fingerprint density at radius 1 is 1.22 bits per heavy atom. The molecule has 4 nitrogen and oxygen atoms in total. The van der Waals surface area contributed by atoms with Gasteiger partial charge < -0.3 is 14.8 Å². The molecule has 1 atom stereocenters. The first-order valence-electron chi connectivity index (χ1n) is 6.93. The lowest BCUT2D eigenvalue weighted by Crippen LogP contribution is -2.30. The molecule has 0 radical (unpaired) electrons. The van der Waals surface area contributed by atoms with Crippen LogP contribution >= 0.6 is 0 Å². The average molecular weight is 259 g/mol. The van der Waals surface area contributed by atoms with Crippen LogP contribution in [0.15, 0.2) is 0 Å². The van der Waals surface area contributed by atoms with Gasteiger partial charge in [0.05, 0.1) is 18.1 Å². The van der Waals surface area contributed by atoms with Crippen molar-refractivity contribution in [3.8, 4) is 0 Å². The SMILES string of the molecule is CCC(C)OCCNCCOC(=O)C(C)(C)CC. The summed E-state index contributed by atoms with van der Waals surface area (Å²) in [6.07, 6.45) is 2.14. The van der Waals surface area contributed by atoms with Gasteiger partial charge in [0, 0.05) is 13.1 Å². The molecule has 18 heavy (non-hydrogen) atoms. The van der Waals surface area contributed by atoms with Crippen molar-refractivity contribution in [2.75, 3.05) is 26.3 Å². The van der Waals surface area contributed by atoms with Gasteiger partial charge in [0.1, 0.15) is 6.61 Å². The molecule has 1 unspecified atom stereocenters. The zero-order valence-electron chi connectivity index (χ0n) is 12.5. The zero-order chi connectivity index (χ0) is 14.0. The largest absolute Gasteiger partial charge is 0.464 e. The minimum atomic E-state index is -0.375. The van der Waals surface area contributed by atoms with Crippen molar-refractivity contribution in [1.82, 2.24) is 5.32 Å². The van der Waals surface area contributed by atoms with E-state index in [1.54, 1.807) is 0 Å². The molecule has 0 aliphatic rings. The molecule has 0 saturated heterocycles. The number of carbonyl (C=O) groups excluding carboxylic acids is 1. The predicted octanol–water partition coefficient (Wildman–Crippen LogP) is 2.37. The molecule has 0 spiro atoms. The predicted molar refractivity (Wildman–Crippen MR) is 73.6 cm³/mol. The minimum Gasteiger partial charge on any atom is -0.464 e. The highest BCUT2D eigenvalue weighted by Crippen LogP contribution is 2.21. The zero-order valence-corrected chi connectivity index (χ0v) is 12.5. The van der Waals surface area contributed by atoms with Crippen molar-refractivity contribution in [1.29, 1.82) is 0 Å². The van der Waals surface area contributed by atoms with E-state index < -0.39 is 0 Å². The van der Waals surface area contributed by atoms with Gasteiger partial charge in [-0.15, -0.1) is 0 Å². The Hall–Kier alpha value is -0.610. The first-order valence-corrected chi connectivity index (χ1v) is 6.93. The van der Waals surface area contributed by atoms with E-state index in [1.165, 1.54) is 0 Å². The number of hydrogen-bond acceptors (Lipinski definition) is 4. The Morgan fingerprint density at radius 3 is 2.39 bits per heavy atom. The van der Waals surface area contributed by atoms with Crippen molar-refractivity contribution in [2.24, 2.45) is 5.41 Å². The van der Waals surface area contributed by atoms with Crippen LogP contribution in [0.4, 0.5) is 0 Å². The molecule has 0 fully saturated rings. The lowest BCUT2D eigenvalue weighted by Gasteiger charge is -2.20. The van der Waals surface area contributed by atoms with Crippen LogP contribution in [0.2, 0.25) is 0 Å². The van der Waals surface area contributed by atoms with Crippen molar-refractivity contribution < 1.29 is 14.3 Å². The van der Waals surface area contributed by atoms with Crippen LogP contribution in [0.25, 0.3) is 0 Å². The minimum absolute atomic E-state index is 0.123. The third-order valence-corrected chi connectivity index (χ3v) is 3.20. The fourth-order valence-electron chi connectivity index (χ4n) is 1.13. The van der Waals surface area contributed by atoms with Crippen LogP contribution in [-0.2, 0) is 14.3 Å². The summed E-state index contributed by atoms with van der Waals surface area (Å²) in [5.74, 6) is -0.123. The fraction of sp³-hybridized carbons (Fsp3) is 0.929. The monoisotopic (exact) mass is 259 g/mol. The summed E-state index contributed by atoms with van der Waals surface area (Å²) in [4.78, 5) is 11.6. The topological polar surface area (TPSA) is 47.6 Å². The second kappa shape index (κ2) is 9.34. The molecule has 0 aliphatic heterocycles. The number of rotatable bonds is 10. The summed E-state index contributed by atoms with van der Waals surface area (Å²) in [5.41, 5.74) is -0.375. The Bertz CT molecular complexity index is 229. The second-order valence-corrected chi connectivity index (χ2v) is 5.21. The van der Waals surface area contributed by atoms with Gasteiger partial charge in [0.15, 0.2) is 0 Å². The molecular formula is C14H29NO3. The van der Waals surface area contributed by atoms with Gasteiger partial charge >= 0.3 is 5.97 Å². The Balaban J connectivity index is 3.44. The highest BCUT2D eigenvalue weighted by Gasteiger charge is 2.26. The number of nitrogens with one attached hydrogen (secondary N) is 1. The van der Waals surface area contributed by atoms with Crippen molar-refractivity contribution in [3.05, 3.63) is 0 Å². The van der Waals surface area contributed by atoms with E-state index in [4.69, 9.17) is 9.47 Å². The summed E-state index contributed by atoms with van der Waals surface area (Å²) in [6.45, 7) is 12.6. The molecule has 4 heteroatoms. The lowest BCUT2D eigenvalue weighted by atomic mass is 9.91. The van der Waals surface area contributed by atoms with Crippen LogP contribution in [-0.4, -0.2) is 38.4 Å². The molecule has 108 valence electrons. The highest BCUT2D eigenvalue weighted by atomic mass is 16.5. The van der Waals surface area contributed by atoms with E-state index in [1.807, 2.05) is 20.8 Å². The van der Waals surface area contributed by atoms with E-state index in [2.05, 4.69) is 19.2 Å². The number of hydrogen-bond donors (Lipinski definition) is 1. The van der Waals surface area contributed by atoms with Gasteiger partial charge in [-0.3, -0.25) is 4.79 Å². The van der Waals surface area contributed by atoms with Crippen LogP contribution in [0.5, 0.6) is 0 Å². The van der Waals surface area contributed by atoms with Crippen molar-refractivity contribution in [2.45, 2.75) is 53.6 Å². The van der Waals surface area contributed by atoms with Crippen molar-refractivity contribution >= 4 is 5.97 Å². The van der Waals surface area contributed by atoms with E-state index in [-0.39, 0.29) is 11.4 Å². The Kier molecular flexibility index (Phi) is 9.02. The van der Waals surface area contributed by atoms with Crippen LogP contribution in [0.3, 0.4) is 0 Å². The first kappa shape index (κ1) is 17.4. The molecule has 0 aliphatic carbocycles. The highest BCUT2D eigenvalue weighted by molar-refractivity contribution is 5.75.